The molecule has 0 fully saturated rings. The van der Waals surface area contributed by atoms with Gasteiger partial charge in [0.05, 0.1) is 4.90 Å². The number of hydrogen-bond donors (Lipinski definition) is 2. The van der Waals surface area contributed by atoms with E-state index in [2.05, 4.69) is 10.0 Å². The minimum absolute atomic E-state index is 0.0948. The van der Waals surface area contributed by atoms with Crippen molar-refractivity contribution in [1.29, 1.82) is 0 Å². The standard InChI is InChI=1S/C24H24N2O4S2/c1-31-16-15-22(26-32(29,30)21-13-6-3-7-14-21)24(28)25-20-12-8-11-19(17-20)23(27)18-9-4-2-5-10-18/h2-14,17,22,26H,15-16H2,1H3,(H,25,28). The largest absolute Gasteiger partial charge is 0.325 e. The van der Waals surface area contributed by atoms with Gasteiger partial charge in [-0.1, -0.05) is 60.7 Å². The zero-order valence-corrected chi connectivity index (χ0v) is 19.2. The highest BCUT2D eigenvalue weighted by Crippen LogP contribution is 2.17. The molecule has 0 aliphatic heterocycles. The number of hydrogen-bond acceptors (Lipinski definition) is 5. The Bertz CT molecular complexity index is 1170. The number of amides is 1. The maximum Gasteiger partial charge on any atom is 0.242 e. The molecule has 0 heterocycles. The first-order valence-electron chi connectivity index (χ1n) is 9.98. The highest BCUT2D eigenvalue weighted by atomic mass is 32.2. The molecule has 0 saturated heterocycles. The van der Waals surface area contributed by atoms with E-state index in [4.69, 9.17) is 0 Å². The Labute approximate surface area is 192 Å². The Morgan fingerprint density at radius 1 is 0.875 bits per heavy atom. The van der Waals surface area contributed by atoms with Crippen LogP contribution in [-0.2, 0) is 14.8 Å². The maximum atomic E-state index is 12.9. The molecule has 0 radical (unpaired) electrons. The van der Waals surface area contributed by atoms with Crippen LogP contribution in [0.4, 0.5) is 5.69 Å². The smallest absolute Gasteiger partial charge is 0.242 e. The predicted molar refractivity (Wildman–Crippen MR) is 128 cm³/mol. The number of anilines is 1. The quantitative estimate of drug-likeness (QED) is 0.440. The van der Waals surface area contributed by atoms with Gasteiger partial charge in [-0.15, -0.1) is 0 Å². The molecule has 0 saturated carbocycles. The molecular formula is C24H24N2O4S2. The molecule has 3 aromatic carbocycles. The van der Waals surface area contributed by atoms with Gasteiger partial charge in [0.25, 0.3) is 0 Å². The second kappa shape index (κ2) is 11.1. The van der Waals surface area contributed by atoms with Crippen LogP contribution in [0, 0.1) is 0 Å². The Morgan fingerprint density at radius 3 is 2.16 bits per heavy atom. The Hall–Kier alpha value is -2.94. The summed E-state index contributed by atoms with van der Waals surface area (Å²) < 4.78 is 27.9. The molecule has 32 heavy (non-hydrogen) atoms. The first kappa shape index (κ1) is 23.7. The molecule has 6 nitrogen and oxygen atoms in total. The fourth-order valence-corrected chi connectivity index (χ4v) is 4.78. The third kappa shape index (κ3) is 6.29. The molecule has 0 spiro atoms. The minimum atomic E-state index is -3.86. The molecule has 0 aromatic heterocycles. The minimum Gasteiger partial charge on any atom is -0.325 e. The Kier molecular flexibility index (Phi) is 8.21. The van der Waals surface area contributed by atoms with E-state index >= 15 is 0 Å². The lowest BCUT2D eigenvalue weighted by Crippen LogP contribution is -2.44. The van der Waals surface area contributed by atoms with Gasteiger partial charge in [0.15, 0.2) is 5.78 Å². The molecule has 0 aliphatic rings. The average Bonchev–Trinajstić information content (AvgIpc) is 2.82. The van der Waals surface area contributed by atoms with Crippen LogP contribution in [0.5, 0.6) is 0 Å². The molecule has 0 aliphatic carbocycles. The van der Waals surface area contributed by atoms with E-state index < -0.39 is 22.0 Å². The second-order valence-electron chi connectivity index (χ2n) is 7.03. The number of rotatable bonds is 10. The number of sulfonamides is 1. The highest BCUT2D eigenvalue weighted by molar-refractivity contribution is 7.98. The van der Waals surface area contributed by atoms with Gasteiger partial charge >= 0.3 is 0 Å². The number of carbonyl (C=O) groups excluding carboxylic acids is 2. The monoisotopic (exact) mass is 468 g/mol. The SMILES string of the molecule is CSCCC(NS(=O)(=O)c1ccccc1)C(=O)Nc1cccc(C(=O)c2ccccc2)c1. The van der Waals surface area contributed by atoms with Gasteiger partial charge in [-0.05, 0) is 42.7 Å². The molecule has 3 rings (SSSR count). The normalized spacial score (nSPS) is 12.2. The van der Waals surface area contributed by atoms with Crippen LogP contribution < -0.4 is 10.0 Å². The Morgan fingerprint density at radius 2 is 1.50 bits per heavy atom. The summed E-state index contributed by atoms with van der Waals surface area (Å²) in [5.41, 5.74) is 1.40. The Balaban J connectivity index is 1.77. The molecular weight excluding hydrogens is 444 g/mol. The molecule has 1 unspecified atom stereocenters. The number of carbonyl (C=O) groups is 2. The summed E-state index contributed by atoms with van der Waals surface area (Å²) in [6.07, 6.45) is 2.21. The summed E-state index contributed by atoms with van der Waals surface area (Å²) in [4.78, 5) is 25.7. The van der Waals surface area contributed by atoms with Crippen molar-refractivity contribution in [3.8, 4) is 0 Å². The van der Waals surface area contributed by atoms with E-state index in [1.54, 1.807) is 66.7 Å². The molecule has 1 atom stereocenters. The second-order valence-corrected chi connectivity index (χ2v) is 9.73. The third-order valence-corrected chi connectivity index (χ3v) is 6.84. The third-order valence-electron chi connectivity index (χ3n) is 4.71. The van der Waals surface area contributed by atoms with Gasteiger partial charge in [-0.25, -0.2) is 8.42 Å². The van der Waals surface area contributed by atoms with E-state index in [1.165, 1.54) is 23.9 Å². The molecule has 166 valence electrons. The summed E-state index contributed by atoms with van der Waals surface area (Å²) in [6, 6.07) is 22.4. The van der Waals surface area contributed by atoms with E-state index in [-0.39, 0.29) is 10.7 Å². The van der Waals surface area contributed by atoms with Crippen LogP contribution in [-0.4, -0.2) is 38.2 Å². The van der Waals surface area contributed by atoms with Gasteiger partial charge in [0.2, 0.25) is 15.9 Å². The van der Waals surface area contributed by atoms with Gasteiger partial charge in [0, 0.05) is 16.8 Å². The lowest BCUT2D eigenvalue weighted by Gasteiger charge is -2.18. The van der Waals surface area contributed by atoms with Gasteiger partial charge < -0.3 is 5.32 Å². The van der Waals surface area contributed by atoms with Crippen molar-refractivity contribution in [3.63, 3.8) is 0 Å². The number of benzene rings is 3. The topological polar surface area (TPSA) is 92.3 Å². The molecule has 2 N–H and O–H groups in total. The van der Waals surface area contributed by atoms with Crippen molar-refractivity contribution < 1.29 is 18.0 Å². The van der Waals surface area contributed by atoms with Crippen molar-refractivity contribution in [2.75, 3.05) is 17.3 Å². The predicted octanol–water partition coefficient (Wildman–Crippen LogP) is 3.96. The van der Waals surface area contributed by atoms with Crippen molar-refractivity contribution >= 4 is 39.2 Å². The lowest BCUT2D eigenvalue weighted by atomic mass is 10.0. The number of thioether (sulfide) groups is 1. The van der Waals surface area contributed by atoms with Crippen LogP contribution in [0.2, 0.25) is 0 Å². The number of nitrogens with one attached hydrogen (secondary N) is 2. The van der Waals surface area contributed by atoms with E-state index in [0.29, 0.717) is 29.0 Å². The summed E-state index contributed by atoms with van der Waals surface area (Å²) in [5, 5.41) is 2.74. The summed E-state index contributed by atoms with van der Waals surface area (Å²) in [6.45, 7) is 0. The fourth-order valence-electron chi connectivity index (χ4n) is 3.06. The molecule has 0 bridgehead atoms. The first-order chi connectivity index (χ1) is 15.4. The van der Waals surface area contributed by atoms with Gasteiger partial charge in [-0.2, -0.15) is 16.5 Å². The molecule has 1 amide bonds. The molecule has 8 heteroatoms. The van der Waals surface area contributed by atoms with Crippen molar-refractivity contribution in [3.05, 3.63) is 96.1 Å². The summed E-state index contributed by atoms with van der Waals surface area (Å²) in [5.74, 6) is -0.0460. The maximum absolute atomic E-state index is 12.9. The van der Waals surface area contributed by atoms with Crippen LogP contribution >= 0.6 is 11.8 Å². The van der Waals surface area contributed by atoms with E-state index in [9.17, 15) is 18.0 Å². The summed E-state index contributed by atoms with van der Waals surface area (Å²) >= 11 is 1.52. The van der Waals surface area contributed by atoms with Gasteiger partial charge in [0.1, 0.15) is 6.04 Å². The van der Waals surface area contributed by atoms with Crippen molar-refractivity contribution in [2.45, 2.75) is 17.4 Å². The first-order valence-corrected chi connectivity index (χ1v) is 12.9. The highest BCUT2D eigenvalue weighted by Gasteiger charge is 2.25. The van der Waals surface area contributed by atoms with Crippen LogP contribution in [0.25, 0.3) is 0 Å². The average molecular weight is 469 g/mol. The summed E-state index contributed by atoms with van der Waals surface area (Å²) in [7, 11) is -3.86. The number of ketones is 1. The fraction of sp³-hybridized carbons (Fsp3) is 0.167. The van der Waals surface area contributed by atoms with E-state index in [0.717, 1.165) is 0 Å². The molecule has 3 aromatic rings. The van der Waals surface area contributed by atoms with Crippen molar-refractivity contribution in [2.24, 2.45) is 0 Å². The zero-order valence-electron chi connectivity index (χ0n) is 17.5. The van der Waals surface area contributed by atoms with Crippen molar-refractivity contribution in [1.82, 2.24) is 4.72 Å². The van der Waals surface area contributed by atoms with E-state index in [1.807, 2.05) is 12.3 Å². The van der Waals surface area contributed by atoms with Gasteiger partial charge in [-0.3, -0.25) is 9.59 Å². The van der Waals surface area contributed by atoms with Crippen LogP contribution in [0.15, 0.2) is 89.8 Å². The zero-order chi connectivity index (χ0) is 23.0. The van der Waals surface area contributed by atoms with Crippen LogP contribution in [0.3, 0.4) is 0 Å². The van der Waals surface area contributed by atoms with Crippen LogP contribution in [0.1, 0.15) is 22.3 Å². The lowest BCUT2D eigenvalue weighted by molar-refractivity contribution is -0.117.